The van der Waals surface area contributed by atoms with E-state index in [4.69, 9.17) is 9.47 Å². The van der Waals surface area contributed by atoms with Crippen LogP contribution in [0.15, 0.2) is 0 Å². The number of hydrogen-bond donors (Lipinski definition) is 0. The van der Waals surface area contributed by atoms with Crippen molar-refractivity contribution in [2.75, 3.05) is 33.3 Å². The molecule has 2 saturated heterocycles. The highest BCUT2D eigenvalue weighted by Crippen LogP contribution is 2.23. The summed E-state index contributed by atoms with van der Waals surface area (Å²) in [5, 5.41) is 0. The fraction of sp³-hybridized carbons (Fsp3) is 0.933. The van der Waals surface area contributed by atoms with Crippen LogP contribution in [0.2, 0.25) is 0 Å². The molecule has 0 aromatic rings. The molecule has 1 unspecified atom stereocenters. The van der Waals surface area contributed by atoms with Gasteiger partial charge >= 0.3 is 6.09 Å². The van der Waals surface area contributed by atoms with Gasteiger partial charge in [-0.2, -0.15) is 0 Å². The topological polar surface area (TPSA) is 42.0 Å². The van der Waals surface area contributed by atoms with Crippen LogP contribution < -0.4 is 0 Å². The van der Waals surface area contributed by atoms with Crippen LogP contribution in [-0.4, -0.2) is 66.9 Å². The van der Waals surface area contributed by atoms with E-state index in [2.05, 4.69) is 4.90 Å². The summed E-state index contributed by atoms with van der Waals surface area (Å²) in [6.07, 6.45) is 3.42. The number of carbonyl (C=O) groups excluding carboxylic acids is 1. The molecule has 2 heterocycles. The van der Waals surface area contributed by atoms with Crippen LogP contribution in [-0.2, 0) is 9.47 Å². The fourth-order valence-electron chi connectivity index (χ4n) is 3.02. The zero-order valence-electron chi connectivity index (χ0n) is 13.2. The van der Waals surface area contributed by atoms with E-state index >= 15 is 0 Å². The summed E-state index contributed by atoms with van der Waals surface area (Å²) in [6.45, 7) is 9.48. The summed E-state index contributed by atoms with van der Waals surface area (Å²) in [4.78, 5) is 16.4. The first-order valence-corrected chi connectivity index (χ1v) is 7.64. The largest absolute Gasteiger partial charge is 0.444 e. The van der Waals surface area contributed by atoms with Crippen molar-refractivity contribution in [3.8, 4) is 0 Å². The molecular formula is C15H28N2O3. The first-order valence-electron chi connectivity index (χ1n) is 7.64. The van der Waals surface area contributed by atoms with Gasteiger partial charge in [-0.15, -0.1) is 0 Å². The number of amides is 1. The van der Waals surface area contributed by atoms with Gasteiger partial charge in [0.1, 0.15) is 5.60 Å². The van der Waals surface area contributed by atoms with Gasteiger partial charge in [-0.3, -0.25) is 4.90 Å². The average Bonchev–Trinajstić information content (AvgIpc) is 2.85. The highest BCUT2D eigenvalue weighted by molar-refractivity contribution is 5.68. The van der Waals surface area contributed by atoms with Crippen LogP contribution in [0.3, 0.4) is 0 Å². The lowest BCUT2D eigenvalue weighted by Crippen LogP contribution is -2.47. The van der Waals surface area contributed by atoms with E-state index in [0.717, 1.165) is 45.4 Å². The number of likely N-dealkylation sites (tertiary alicyclic amines) is 2. The second-order valence-corrected chi connectivity index (χ2v) is 6.84. The Balaban J connectivity index is 1.76. The van der Waals surface area contributed by atoms with E-state index in [9.17, 15) is 4.79 Å². The molecule has 0 aliphatic carbocycles. The number of piperidine rings is 1. The Morgan fingerprint density at radius 1 is 1.10 bits per heavy atom. The monoisotopic (exact) mass is 284 g/mol. The second kappa shape index (κ2) is 6.31. The number of nitrogens with zero attached hydrogens (tertiary/aromatic N) is 2. The number of ether oxygens (including phenoxy) is 2. The van der Waals surface area contributed by atoms with E-state index < -0.39 is 5.60 Å². The minimum Gasteiger partial charge on any atom is -0.444 e. The highest BCUT2D eigenvalue weighted by atomic mass is 16.6. The maximum absolute atomic E-state index is 12.0. The molecular weight excluding hydrogens is 256 g/mol. The van der Waals surface area contributed by atoms with Crippen LogP contribution >= 0.6 is 0 Å². The summed E-state index contributed by atoms with van der Waals surface area (Å²) < 4.78 is 10.8. The van der Waals surface area contributed by atoms with Crippen LogP contribution in [0, 0.1) is 0 Å². The van der Waals surface area contributed by atoms with Gasteiger partial charge in [0.2, 0.25) is 0 Å². The van der Waals surface area contributed by atoms with E-state index in [1.807, 2.05) is 25.7 Å². The summed E-state index contributed by atoms with van der Waals surface area (Å²) in [7, 11) is 1.79. The molecule has 1 amide bonds. The molecule has 5 nitrogen and oxygen atoms in total. The minimum atomic E-state index is -0.408. The van der Waals surface area contributed by atoms with Crippen molar-refractivity contribution in [1.29, 1.82) is 0 Å². The summed E-state index contributed by atoms with van der Waals surface area (Å²) in [6, 6.07) is 0.592. The predicted molar refractivity (Wildman–Crippen MR) is 77.8 cm³/mol. The first kappa shape index (κ1) is 15.6. The van der Waals surface area contributed by atoms with Crippen molar-refractivity contribution in [2.24, 2.45) is 0 Å². The van der Waals surface area contributed by atoms with Gasteiger partial charge in [0.05, 0.1) is 6.10 Å². The molecule has 2 aliphatic rings. The molecule has 0 saturated carbocycles. The van der Waals surface area contributed by atoms with E-state index in [1.165, 1.54) is 0 Å². The number of carbonyl (C=O) groups is 1. The van der Waals surface area contributed by atoms with Gasteiger partial charge in [-0.1, -0.05) is 0 Å². The second-order valence-electron chi connectivity index (χ2n) is 6.84. The van der Waals surface area contributed by atoms with Gasteiger partial charge in [-0.25, -0.2) is 4.79 Å². The Labute approximate surface area is 122 Å². The van der Waals surface area contributed by atoms with Crippen LogP contribution in [0.1, 0.15) is 40.0 Å². The van der Waals surface area contributed by atoms with Gasteiger partial charge in [0.15, 0.2) is 0 Å². The van der Waals surface area contributed by atoms with Crippen molar-refractivity contribution >= 4 is 6.09 Å². The number of hydrogen-bond acceptors (Lipinski definition) is 4. The Morgan fingerprint density at radius 3 is 2.25 bits per heavy atom. The third kappa shape index (κ3) is 4.09. The standard InChI is InChI=1S/C15H28N2O3/c1-15(2,3)20-14(18)16-8-5-12(6-9-16)17-10-7-13(11-17)19-4/h12-13H,5-11H2,1-4H3. The maximum Gasteiger partial charge on any atom is 0.410 e. The quantitative estimate of drug-likeness (QED) is 0.779. The van der Waals surface area contributed by atoms with Crippen LogP contribution in [0.25, 0.3) is 0 Å². The first-order chi connectivity index (χ1) is 9.39. The zero-order valence-corrected chi connectivity index (χ0v) is 13.2. The van der Waals surface area contributed by atoms with E-state index in [0.29, 0.717) is 12.1 Å². The summed E-state index contributed by atoms with van der Waals surface area (Å²) in [5.41, 5.74) is -0.408. The Kier molecular flexibility index (Phi) is 4.91. The Bertz CT molecular complexity index is 333. The predicted octanol–water partition coefficient (Wildman–Crippen LogP) is 2.11. The molecule has 116 valence electrons. The molecule has 2 aliphatic heterocycles. The normalized spacial score (nSPS) is 26.0. The highest BCUT2D eigenvalue weighted by Gasteiger charge is 2.32. The lowest BCUT2D eigenvalue weighted by atomic mass is 10.0. The number of methoxy groups -OCH3 is 1. The lowest BCUT2D eigenvalue weighted by molar-refractivity contribution is 0.0145. The van der Waals surface area contributed by atoms with Gasteiger partial charge in [0.25, 0.3) is 0 Å². The Morgan fingerprint density at radius 2 is 1.75 bits per heavy atom. The van der Waals surface area contributed by atoms with Crippen molar-refractivity contribution in [3.05, 3.63) is 0 Å². The molecule has 0 bridgehead atoms. The van der Waals surface area contributed by atoms with Crippen LogP contribution in [0.4, 0.5) is 4.79 Å². The molecule has 2 rings (SSSR count). The molecule has 2 fully saturated rings. The lowest BCUT2D eigenvalue weighted by Gasteiger charge is -2.37. The molecule has 0 aromatic heterocycles. The molecule has 0 radical (unpaired) electrons. The summed E-state index contributed by atoms with van der Waals surface area (Å²) in [5.74, 6) is 0. The Hall–Kier alpha value is -0.810. The van der Waals surface area contributed by atoms with Crippen molar-refractivity contribution in [1.82, 2.24) is 9.80 Å². The number of rotatable bonds is 2. The molecule has 0 N–H and O–H groups in total. The van der Waals surface area contributed by atoms with E-state index in [1.54, 1.807) is 7.11 Å². The van der Waals surface area contributed by atoms with Crippen molar-refractivity contribution in [3.63, 3.8) is 0 Å². The summed E-state index contributed by atoms with van der Waals surface area (Å²) >= 11 is 0. The molecule has 0 aromatic carbocycles. The third-order valence-electron chi connectivity index (χ3n) is 4.14. The van der Waals surface area contributed by atoms with Crippen molar-refractivity contribution < 1.29 is 14.3 Å². The average molecular weight is 284 g/mol. The third-order valence-corrected chi connectivity index (χ3v) is 4.14. The molecule has 0 spiro atoms. The molecule has 20 heavy (non-hydrogen) atoms. The fourth-order valence-corrected chi connectivity index (χ4v) is 3.02. The minimum absolute atomic E-state index is 0.174. The van der Waals surface area contributed by atoms with Gasteiger partial charge in [0, 0.05) is 39.3 Å². The van der Waals surface area contributed by atoms with Crippen LogP contribution in [0.5, 0.6) is 0 Å². The maximum atomic E-state index is 12.0. The smallest absolute Gasteiger partial charge is 0.410 e. The van der Waals surface area contributed by atoms with E-state index in [-0.39, 0.29) is 6.09 Å². The zero-order chi connectivity index (χ0) is 14.8. The molecule has 5 heteroatoms. The molecule has 1 atom stereocenters. The van der Waals surface area contributed by atoms with Crippen molar-refractivity contribution in [2.45, 2.75) is 57.8 Å². The van der Waals surface area contributed by atoms with Gasteiger partial charge < -0.3 is 14.4 Å². The van der Waals surface area contributed by atoms with Gasteiger partial charge in [-0.05, 0) is 40.0 Å². The SMILES string of the molecule is COC1CCN(C2CCN(C(=O)OC(C)(C)C)CC2)C1.